The van der Waals surface area contributed by atoms with E-state index in [2.05, 4.69) is 37.5 Å². The number of hydrogen-bond acceptors (Lipinski definition) is 6. The zero-order valence-corrected chi connectivity index (χ0v) is 13.4. The molecule has 0 saturated heterocycles. The number of nitrogens with one attached hydrogen (secondary N) is 2. The van der Waals surface area contributed by atoms with Crippen molar-refractivity contribution in [3.05, 3.63) is 42.1 Å². The van der Waals surface area contributed by atoms with Gasteiger partial charge in [0.1, 0.15) is 17.9 Å². The van der Waals surface area contributed by atoms with Gasteiger partial charge in [0.15, 0.2) is 0 Å². The fourth-order valence-electron chi connectivity index (χ4n) is 2.61. The summed E-state index contributed by atoms with van der Waals surface area (Å²) in [6.45, 7) is 2.61. The third-order valence-electron chi connectivity index (χ3n) is 3.87. The van der Waals surface area contributed by atoms with Gasteiger partial charge in [0.05, 0.1) is 36.1 Å². The van der Waals surface area contributed by atoms with Crippen molar-refractivity contribution in [1.29, 1.82) is 0 Å². The number of ether oxygens (including phenoxy) is 1. The number of fused-ring (bicyclic) bond motifs is 2. The molecule has 1 aromatic carbocycles. The van der Waals surface area contributed by atoms with Crippen molar-refractivity contribution >= 4 is 22.4 Å². The van der Waals surface area contributed by atoms with E-state index in [1.807, 2.05) is 24.3 Å². The molecule has 2 N–H and O–H groups in total. The first-order chi connectivity index (χ1) is 11.8. The number of aryl methyl sites for hydroxylation is 1. The van der Waals surface area contributed by atoms with E-state index in [9.17, 15) is 0 Å². The van der Waals surface area contributed by atoms with Crippen molar-refractivity contribution in [2.45, 2.75) is 19.9 Å². The minimum absolute atomic E-state index is 0.548. The Morgan fingerprint density at radius 1 is 1.29 bits per heavy atom. The molecule has 3 heterocycles. The Morgan fingerprint density at radius 2 is 2.21 bits per heavy atom. The van der Waals surface area contributed by atoms with E-state index in [0.717, 1.165) is 40.4 Å². The van der Waals surface area contributed by atoms with Gasteiger partial charge in [-0.15, -0.1) is 10.2 Å². The van der Waals surface area contributed by atoms with Gasteiger partial charge in [0.25, 0.3) is 0 Å². The van der Waals surface area contributed by atoms with Crippen LogP contribution >= 0.6 is 0 Å². The SMILES string of the molecule is CCc1cc(NCc2nc3ccc(OC)cc3[nH]2)c2nncn2n1. The topological polar surface area (TPSA) is 93.0 Å². The first-order valence-electron chi connectivity index (χ1n) is 7.73. The smallest absolute Gasteiger partial charge is 0.200 e. The van der Waals surface area contributed by atoms with Crippen molar-refractivity contribution in [3.8, 4) is 5.75 Å². The van der Waals surface area contributed by atoms with Crippen molar-refractivity contribution in [1.82, 2.24) is 29.8 Å². The fraction of sp³-hybridized carbons (Fsp3) is 0.250. The number of hydrogen-bond donors (Lipinski definition) is 2. The maximum atomic E-state index is 5.24. The summed E-state index contributed by atoms with van der Waals surface area (Å²) in [6, 6.07) is 7.77. The molecule has 0 radical (unpaired) electrons. The molecule has 8 nitrogen and oxygen atoms in total. The van der Waals surface area contributed by atoms with E-state index in [4.69, 9.17) is 4.74 Å². The molecule has 4 rings (SSSR count). The highest BCUT2D eigenvalue weighted by Gasteiger charge is 2.09. The van der Waals surface area contributed by atoms with Crippen LogP contribution < -0.4 is 10.1 Å². The maximum absolute atomic E-state index is 5.24. The number of benzene rings is 1. The lowest BCUT2D eigenvalue weighted by molar-refractivity contribution is 0.415. The lowest BCUT2D eigenvalue weighted by atomic mass is 10.3. The van der Waals surface area contributed by atoms with E-state index in [0.29, 0.717) is 12.2 Å². The van der Waals surface area contributed by atoms with Gasteiger partial charge in [-0.1, -0.05) is 6.92 Å². The minimum atomic E-state index is 0.548. The summed E-state index contributed by atoms with van der Waals surface area (Å²) in [5.74, 6) is 1.64. The average Bonchev–Trinajstić information content (AvgIpc) is 3.24. The van der Waals surface area contributed by atoms with E-state index in [1.54, 1.807) is 18.0 Å². The summed E-state index contributed by atoms with van der Waals surface area (Å²) in [5, 5.41) is 15.8. The van der Waals surface area contributed by atoms with E-state index in [-0.39, 0.29) is 0 Å². The molecule has 122 valence electrons. The normalized spacial score (nSPS) is 11.2. The Bertz CT molecular complexity index is 1000. The Labute approximate surface area is 137 Å². The molecule has 0 spiro atoms. The number of nitrogens with zero attached hydrogens (tertiary/aromatic N) is 5. The molecular formula is C16H17N7O. The summed E-state index contributed by atoms with van der Waals surface area (Å²) in [6.07, 6.45) is 2.44. The number of anilines is 1. The van der Waals surface area contributed by atoms with Crippen LogP contribution in [0.15, 0.2) is 30.6 Å². The maximum Gasteiger partial charge on any atom is 0.200 e. The van der Waals surface area contributed by atoms with Crippen LogP contribution in [-0.2, 0) is 13.0 Å². The highest BCUT2D eigenvalue weighted by molar-refractivity contribution is 5.77. The Hall–Kier alpha value is -3.16. The predicted molar refractivity (Wildman–Crippen MR) is 90.1 cm³/mol. The van der Waals surface area contributed by atoms with Gasteiger partial charge in [-0.2, -0.15) is 9.61 Å². The van der Waals surface area contributed by atoms with Gasteiger partial charge >= 0.3 is 0 Å². The third kappa shape index (κ3) is 2.51. The summed E-state index contributed by atoms with van der Waals surface area (Å²) in [4.78, 5) is 7.88. The second kappa shape index (κ2) is 5.80. The van der Waals surface area contributed by atoms with Gasteiger partial charge in [-0.3, -0.25) is 0 Å². The number of rotatable bonds is 5. The number of imidazole rings is 1. The summed E-state index contributed by atoms with van der Waals surface area (Å²) >= 11 is 0. The van der Waals surface area contributed by atoms with E-state index in [1.165, 1.54) is 0 Å². The Kier molecular flexibility index (Phi) is 3.49. The lowest BCUT2D eigenvalue weighted by Gasteiger charge is -2.07. The van der Waals surface area contributed by atoms with E-state index >= 15 is 0 Å². The molecule has 0 unspecified atom stereocenters. The molecule has 0 saturated carbocycles. The first-order valence-corrected chi connectivity index (χ1v) is 7.73. The van der Waals surface area contributed by atoms with Crippen LogP contribution in [0.3, 0.4) is 0 Å². The highest BCUT2D eigenvalue weighted by Crippen LogP contribution is 2.20. The molecule has 0 fully saturated rings. The molecule has 0 bridgehead atoms. The largest absolute Gasteiger partial charge is 0.497 e. The number of H-pyrrole nitrogens is 1. The summed E-state index contributed by atoms with van der Waals surface area (Å²) in [7, 11) is 1.65. The third-order valence-corrected chi connectivity index (χ3v) is 3.87. The first kappa shape index (κ1) is 14.4. The van der Waals surface area contributed by atoms with Crippen molar-refractivity contribution < 1.29 is 4.74 Å². The standard InChI is InChI=1S/C16H17N7O/c1-3-10-6-14(16-21-18-9-23(16)22-10)17-8-15-19-12-5-4-11(24-2)7-13(12)20-15/h4-7,9,17H,3,8H2,1-2H3,(H,19,20). The molecule has 0 atom stereocenters. The predicted octanol–water partition coefficient (Wildman–Crippen LogP) is 2.18. The Balaban J connectivity index is 1.61. The van der Waals surface area contributed by atoms with Crippen LogP contribution in [-0.4, -0.2) is 36.9 Å². The molecule has 0 aliphatic carbocycles. The summed E-state index contributed by atoms with van der Waals surface area (Å²) in [5.41, 5.74) is 4.41. The van der Waals surface area contributed by atoms with Crippen LogP contribution in [0.5, 0.6) is 5.75 Å². The number of aromatic amines is 1. The molecule has 0 aliphatic rings. The fourth-order valence-corrected chi connectivity index (χ4v) is 2.61. The molecule has 3 aromatic heterocycles. The highest BCUT2D eigenvalue weighted by atomic mass is 16.5. The second-order valence-electron chi connectivity index (χ2n) is 5.42. The van der Waals surface area contributed by atoms with Gasteiger partial charge < -0.3 is 15.0 Å². The van der Waals surface area contributed by atoms with Crippen molar-refractivity contribution in [2.75, 3.05) is 12.4 Å². The zero-order valence-electron chi connectivity index (χ0n) is 13.4. The van der Waals surface area contributed by atoms with Crippen molar-refractivity contribution in [2.24, 2.45) is 0 Å². The summed E-state index contributed by atoms with van der Waals surface area (Å²) < 4.78 is 6.92. The van der Waals surface area contributed by atoms with Crippen LogP contribution in [0.25, 0.3) is 16.7 Å². The van der Waals surface area contributed by atoms with Gasteiger partial charge in [-0.05, 0) is 24.6 Å². The monoisotopic (exact) mass is 323 g/mol. The van der Waals surface area contributed by atoms with Crippen molar-refractivity contribution in [3.63, 3.8) is 0 Å². The molecule has 0 aliphatic heterocycles. The molecule has 0 amide bonds. The van der Waals surface area contributed by atoms with Crippen LogP contribution in [0, 0.1) is 0 Å². The van der Waals surface area contributed by atoms with E-state index < -0.39 is 0 Å². The van der Waals surface area contributed by atoms with Gasteiger partial charge in [-0.25, -0.2) is 4.98 Å². The van der Waals surface area contributed by atoms with Crippen LogP contribution in [0.4, 0.5) is 5.69 Å². The molecular weight excluding hydrogens is 306 g/mol. The van der Waals surface area contributed by atoms with Gasteiger partial charge in [0, 0.05) is 6.07 Å². The van der Waals surface area contributed by atoms with Crippen LogP contribution in [0.1, 0.15) is 18.4 Å². The molecule has 4 aromatic rings. The Morgan fingerprint density at radius 3 is 3.04 bits per heavy atom. The minimum Gasteiger partial charge on any atom is -0.497 e. The molecule has 8 heteroatoms. The zero-order chi connectivity index (χ0) is 16.5. The lowest BCUT2D eigenvalue weighted by Crippen LogP contribution is -2.06. The number of aromatic nitrogens is 6. The quantitative estimate of drug-likeness (QED) is 0.585. The molecule has 24 heavy (non-hydrogen) atoms. The second-order valence-corrected chi connectivity index (χ2v) is 5.42. The van der Waals surface area contributed by atoms with Crippen LogP contribution in [0.2, 0.25) is 0 Å². The number of methoxy groups -OCH3 is 1. The van der Waals surface area contributed by atoms with Gasteiger partial charge in [0.2, 0.25) is 5.65 Å². The average molecular weight is 323 g/mol.